The zero-order valence-corrected chi connectivity index (χ0v) is 8.60. The Kier molecular flexibility index (Phi) is 2.59. The number of hydrogen-bond donors (Lipinski definition) is 2. The van der Waals surface area contributed by atoms with E-state index in [0.29, 0.717) is 5.75 Å². The molecule has 2 N–H and O–H groups in total. The molecular weight excluding hydrogens is 208 g/mol. The Morgan fingerprint density at radius 3 is 2.81 bits per heavy atom. The topological polar surface area (TPSA) is 75.2 Å². The molecule has 0 saturated heterocycles. The molecule has 0 spiro atoms. The molecule has 0 unspecified atom stereocenters. The molecule has 1 heterocycles. The van der Waals surface area contributed by atoms with E-state index in [1.54, 1.807) is 30.6 Å². The normalized spacial score (nSPS) is 10.1. The summed E-state index contributed by atoms with van der Waals surface area (Å²) in [6.45, 7) is 0. The van der Waals surface area contributed by atoms with E-state index >= 15 is 0 Å². The Bertz CT molecular complexity index is 506. The van der Waals surface area contributed by atoms with Gasteiger partial charge in [-0.1, -0.05) is 6.07 Å². The van der Waals surface area contributed by atoms with Crippen molar-refractivity contribution < 1.29 is 14.6 Å². The molecule has 5 heteroatoms. The van der Waals surface area contributed by atoms with Crippen LogP contribution in [-0.2, 0) is 0 Å². The number of ether oxygens (including phenoxy) is 1. The van der Waals surface area contributed by atoms with Gasteiger partial charge in [0.25, 0.3) is 0 Å². The van der Waals surface area contributed by atoms with Crippen molar-refractivity contribution in [1.29, 1.82) is 0 Å². The molecule has 0 fully saturated rings. The fraction of sp³-hybridized carbons (Fsp3) is 0.0909. The molecule has 5 nitrogen and oxygen atoms in total. The number of hydrogen-bond acceptors (Lipinski definition) is 3. The molecule has 2 aromatic rings. The van der Waals surface area contributed by atoms with Crippen LogP contribution >= 0.6 is 0 Å². The van der Waals surface area contributed by atoms with Crippen molar-refractivity contribution >= 4 is 5.97 Å². The average molecular weight is 218 g/mol. The van der Waals surface area contributed by atoms with Gasteiger partial charge in [-0.25, -0.2) is 4.79 Å². The van der Waals surface area contributed by atoms with Crippen molar-refractivity contribution in [2.24, 2.45) is 0 Å². The van der Waals surface area contributed by atoms with Gasteiger partial charge in [-0.3, -0.25) is 5.10 Å². The van der Waals surface area contributed by atoms with E-state index < -0.39 is 5.97 Å². The van der Waals surface area contributed by atoms with Crippen molar-refractivity contribution in [1.82, 2.24) is 10.2 Å². The van der Waals surface area contributed by atoms with Crippen LogP contribution in [0.4, 0.5) is 0 Å². The Balaban J connectivity index is 2.51. The van der Waals surface area contributed by atoms with Gasteiger partial charge in [0.15, 0.2) is 0 Å². The summed E-state index contributed by atoms with van der Waals surface area (Å²) in [6, 6.07) is 4.98. The molecule has 2 rings (SSSR count). The lowest BCUT2D eigenvalue weighted by atomic mass is 10.1. The van der Waals surface area contributed by atoms with E-state index in [0.717, 1.165) is 11.1 Å². The maximum absolute atomic E-state index is 11.0. The van der Waals surface area contributed by atoms with Gasteiger partial charge in [-0.15, -0.1) is 0 Å². The zero-order valence-electron chi connectivity index (χ0n) is 8.60. The van der Waals surface area contributed by atoms with Crippen LogP contribution in [0.2, 0.25) is 0 Å². The quantitative estimate of drug-likeness (QED) is 0.823. The van der Waals surface area contributed by atoms with E-state index in [1.165, 1.54) is 7.11 Å². The summed E-state index contributed by atoms with van der Waals surface area (Å²) in [5, 5.41) is 15.5. The molecule has 0 aliphatic heterocycles. The summed E-state index contributed by atoms with van der Waals surface area (Å²) in [4.78, 5) is 11.0. The highest BCUT2D eigenvalue weighted by molar-refractivity contribution is 5.92. The van der Waals surface area contributed by atoms with Crippen LogP contribution in [0.25, 0.3) is 11.1 Å². The number of aromatic nitrogens is 2. The maximum Gasteiger partial charge on any atom is 0.339 e. The number of carboxylic acid groups (broad SMARTS) is 1. The molecule has 0 radical (unpaired) electrons. The van der Waals surface area contributed by atoms with Gasteiger partial charge < -0.3 is 9.84 Å². The summed E-state index contributed by atoms with van der Waals surface area (Å²) in [6.07, 6.45) is 3.33. The van der Waals surface area contributed by atoms with E-state index in [4.69, 9.17) is 9.84 Å². The molecular formula is C11H10N2O3. The minimum atomic E-state index is -1.01. The lowest BCUT2D eigenvalue weighted by Crippen LogP contribution is -2.00. The van der Waals surface area contributed by atoms with Crippen molar-refractivity contribution in [3.8, 4) is 16.9 Å². The fourth-order valence-electron chi connectivity index (χ4n) is 1.46. The first-order valence-electron chi connectivity index (χ1n) is 4.63. The third-order valence-electron chi connectivity index (χ3n) is 2.26. The van der Waals surface area contributed by atoms with E-state index in [9.17, 15) is 4.79 Å². The lowest BCUT2D eigenvalue weighted by Gasteiger charge is -2.06. The highest BCUT2D eigenvalue weighted by atomic mass is 16.5. The van der Waals surface area contributed by atoms with Gasteiger partial charge in [0.2, 0.25) is 0 Å². The van der Waals surface area contributed by atoms with Crippen LogP contribution in [0.15, 0.2) is 30.6 Å². The number of carbonyl (C=O) groups is 1. The van der Waals surface area contributed by atoms with Crippen molar-refractivity contribution in [2.75, 3.05) is 7.11 Å². The van der Waals surface area contributed by atoms with Crippen molar-refractivity contribution in [2.45, 2.75) is 0 Å². The highest BCUT2D eigenvalue weighted by Crippen LogP contribution is 2.25. The summed E-state index contributed by atoms with van der Waals surface area (Å²) in [5.41, 5.74) is 1.76. The molecule has 0 saturated carbocycles. The van der Waals surface area contributed by atoms with Crippen molar-refractivity contribution in [3.05, 3.63) is 36.2 Å². The number of aromatic amines is 1. The monoisotopic (exact) mass is 218 g/mol. The maximum atomic E-state index is 11.0. The van der Waals surface area contributed by atoms with Crippen LogP contribution in [0.5, 0.6) is 5.75 Å². The average Bonchev–Trinajstić information content (AvgIpc) is 2.81. The predicted molar refractivity (Wildman–Crippen MR) is 57.5 cm³/mol. The summed E-state index contributed by atoms with van der Waals surface area (Å²) < 4.78 is 4.97. The first-order valence-corrected chi connectivity index (χ1v) is 4.63. The number of nitrogens with zero attached hydrogens (tertiary/aromatic N) is 1. The van der Waals surface area contributed by atoms with Gasteiger partial charge in [0, 0.05) is 11.8 Å². The number of rotatable bonds is 3. The van der Waals surface area contributed by atoms with Crippen LogP contribution in [0.1, 0.15) is 10.4 Å². The third-order valence-corrected chi connectivity index (χ3v) is 2.26. The second-order valence-corrected chi connectivity index (χ2v) is 3.21. The van der Waals surface area contributed by atoms with Gasteiger partial charge in [0.1, 0.15) is 11.3 Å². The van der Waals surface area contributed by atoms with E-state index in [-0.39, 0.29) is 5.56 Å². The molecule has 82 valence electrons. The number of nitrogens with one attached hydrogen (secondary N) is 1. The number of benzene rings is 1. The molecule has 0 bridgehead atoms. The first kappa shape index (κ1) is 10.2. The lowest BCUT2D eigenvalue weighted by molar-refractivity contribution is 0.0693. The number of H-pyrrole nitrogens is 1. The highest BCUT2D eigenvalue weighted by Gasteiger charge is 2.12. The molecule has 0 amide bonds. The predicted octanol–water partition coefficient (Wildman–Crippen LogP) is 1.78. The molecule has 0 aliphatic carbocycles. The Morgan fingerprint density at radius 2 is 2.25 bits per heavy atom. The second kappa shape index (κ2) is 4.06. The SMILES string of the molecule is COc1ccc(-c2cn[nH]c2)cc1C(=O)O. The Morgan fingerprint density at radius 1 is 1.44 bits per heavy atom. The third kappa shape index (κ3) is 1.75. The summed E-state index contributed by atoms with van der Waals surface area (Å²) >= 11 is 0. The van der Waals surface area contributed by atoms with Gasteiger partial charge in [-0.2, -0.15) is 5.10 Å². The largest absolute Gasteiger partial charge is 0.496 e. The van der Waals surface area contributed by atoms with Gasteiger partial charge in [-0.05, 0) is 17.7 Å². The van der Waals surface area contributed by atoms with Gasteiger partial charge >= 0.3 is 5.97 Å². The number of carboxylic acids is 1. The number of aromatic carboxylic acids is 1. The molecule has 0 atom stereocenters. The molecule has 0 aliphatic rings. The Hall–Kier alpha value is -2.30. The smallest absolute Gasteiger partial charge is 0.339 e. The van der Waals surface area contributed by atoms with E-state index in [1.807, 2.05) is 0 Å². The van der Waals surface area contributed by atoms with Crippen LogP contribution in [0.3, 0.4) is 0 Å². The Labute approximate surface area is 91.7 Å². The second-order valence-electron chi connectivity index (χ2n) is 3.21. The van der Waals surface area contributed by atoms with Crippen LogP contribution in [-0.4, -0.2) is 28.4 Å². The molecule has 1 aromatic carbocycles. The van der Waals surface area contributed by atoms with Gasteiger partial charge in [0.05, 0.1) is 13.3 Å². The summed E-state index contributed by atoms with van der Waals surface area (Å²) in [5.74, 6) is -0.665. The van der Waals surface area contributed by atoms with Crippen LogP contribution in [0, 0.1) is 0 Å². The minimum absolute atomic E-state index is 0.140. The zero-order chi connectivity index (χ0) is 11.5. The summed E-state index contributed by atoms with van der Waals surface area (Å²) in [7, 11) is 1.44. The minimum Gasteiger partial charge on any atom is -0.496 e. The van der Waals surface area contributed by atoms with Crippen molar-refractivity contribution in [3.63, 3.8) is 0 Å². The van der Waals surface area contributed by atoms with Crippen LogP contribution < -0.4 is 4.74 Å². The standard InChI is InChI=1S/C11H10N2O3/c1-16-10-3-2-7(4-9(10)11(14)15)8-5-12-13-6-8/h2-6H,1H3,(H,12,13)(H,14,15). The number of methoxy groups -OCH3 is 1. The fourth-order valence-corrected chi connectivity index (χ4v) is 1.46. The molecule has 1 aromatic heterocycles. The van der Waals surface area contributed by atoms with E-state index in [2.05, 4.69) is 10.2 Å². The first-order chi connectivity index (χ1) is 7.72. The molecule has 16 heavy (non-hydrogen) atoms.